The van der Waals surface area contributed by atoms with Crippen LogP contribution in [0.1, 0.15) is 19.8 Å². The lowest BCUT2D eigenvalue weighted by Crippen LogP contribution is -2.46. The number of piperazine rings is 1. The SMILES string of the molecule is CC1CCN(C(=O)OCCN2CCN(C)CC2)CC1. The summed E-state index contributed by atoms with van der Waals surface area (Å²) in [4.78, 5) is 18.4. The molecule has 5 nitrogen and oxygen atoms in total. The second-order valence-corrected chi connectivity index (χ2v) is 5.93. The van der Waals surface area contributed by atoms with Crippen LogP contribution >= 0.6 is 0 Å². The molecule has 2 saturated heterocycles. The monoisotopic (exact) mass is 269 g/mol. The molecule has 0 bridgehead atoms. The highest BCUT2D eigenvalue weighted by atomic mass is 16.6. The molecule has 0 N–H and O–H groups in total. The van der Waals surface area contributed by atoms with Gasteiger partial charge in [-0.2, -0.15) is 0 Å². The molecule has 0 aromatic rings. The molecule has 0 spiro atoms. The minimum absolute atomic E-state index is 0.124. The van der Waals surface area contributed by atoms with Crippen LogP contribution in [0.25, 0.3) is 0 Å². The van der Waals surface area contributed by atoms with Gasteiger partial charge in [0, 0.05) is 45.8 Å². The van der Waals surface area contributed by atoms with Crippen LogP contribution in [-0.2, 0) is 4.74 Å². The highest BCUT2D eigenvalue weighted by Crippen LogP contribution is 2.16. The number of piperidine rings is 1. The Labute approximate surface area is 116 Å². The zero-order chi connectivity index (χ0) is 13.7. The van der Waals surface area contributed by atoms with E-state index < -0.39 is 0 Å². The Morgan fingerprint density at radius 1 is 1.11 bits per heavy atom. The van der Waals surface area contributed by atoms with Gasteiger partial charge in [0.1, 0.15) is 6.61 Å². The van der Waals surface area contributed by atoms with E-state index in [1.165, 1.54) is 0 Å². The maximum atomic E-state index is 11.9. The van der Waals surface area contributed by atoms with Crippen molar-refractivity contribution in [2.75, 3.05) is 59.5 Å². The maximum absolute atomic E-state index is 11.9. The highest BCUT2D eigenvalue weighted by Gasteiger charge is 2.21. The minimum atomic E-state index is -0.124. The Balaban J connectivity index is 1.59. The first-order chi connectivity index (χ1) is 9.15. The average molecular weight is 269 g/mol. The van der Waals surface area contributed by atoms with E-state index >= 15 is 0 Å². The fourth-order valence-electron chi connectivity index (χ4n) is 2.62. The van der Waals surface area contributed by atoms with Crippen molar-refractivity contribution in [2.24, 2.45) is 5.92 Å². The topological polar surface area (TPSA) is 36.0 Å². The van der Waals surface area contributed by atoms with Gasteiger partial charge in [-0.3, -0.25) is 4.90 Å². The van der Waals surface area contributed by atoms with Crippen LogP contribution in [0.3, 0.4) is 0 Å². The van der Waals surface area contributed by atoms with E-state index in [1.807, 2.05) is 4.90 Å². The van der Waals surface area contributed by atoms with Gasteiger partial charge in [-0.05, 0) is 25.8 Å². The van der Waals surface area contributed by atoms with Crippen molar-refractivity contribution in [3.05, 3.63) is 0 Å². The lowest BCUT2D eigenvalue weighted by atomic mass is 10.00. The Bertz CT molecular complexity index is 282. The number of likely N-dealkylation sites (N-methyl/N-ethyl adjacent to an activating group) is 1. The molecular formula is C14H27N3O2. The second-order valence-electron chi connectivity index (χ2n) is 5.93. The van der Waals surface area contributed by atoms with Crippen molar-refractivity contribution in [1.82, 2.24) is 14.7 Å². The van der Waals surface area contributed by atoms with Crippen molar-refractivity contribution >= 4 is 6.09 Å². The smallest absolute Gasteiger partial charge is 0.409 e. The summed E-state index contributed by atoms with van der Waals surface area (Å²) in [5, 5.41) is 0. The van der Waals surface area contributed by atoms with E-state index in [1.54, 1.807) is 0 Å². The van der Waals surface area contributed by atoms with Crippen molar-refractivity contribution in [3.63, 3.8) is 0 Å². The molecule has 0 radical (unpaired) electrons. The molecule has 2 rings (SSSR count). The van der Waals surface area contributed by atoms with Crippen molar-refractivity contribution in [3.8, 4) is 0 Å². The zero-order valence-corrected chi connectivity index (χ0v) is 12.3. The number of hydrogen-bond acceptors (Lipinski definition) is 4. The molecule has 2 aliphatic heterocycles. The van der Waals surface area contributed by atoms with E-state index in [0.717, 1.165) is 64.6 Å². The molecule has 2 heterocycles. The Morgan fingerprint density at radius 3 is 2.37 bits per heavy atom. The van der Waals surface area contributed by atoms with Gasteiger partial charge in [0.2, 0.25) is 0 Å². The molecular weight excluding hydrogens is 242 g/mol. The molecule has 19 heavy (non-hydrogen) atoms. The van der Waals surface area contributed by atoms with E-state index in [0.29, 0.717) is 6.61 Å². The van der Waals surface area contributed by atoms with Crippen LogP contribution in [0.15, 0.2) is 0 Å². The van der Waals surface area contributed by atoms with Gasteiger partial charge in [-0.15, -0.1) is 0 Å². The fraction of sp³-hybridized carbons (Fsp3) is 0.929. The first-order valence-electron chi connectivity index (χ1n) is 7.48. The molecule has 110 valence electrons. The summed E-state index contributed by atoms with van der Waals surface area (Å²) >= 11 is 0. The Morgan fingerprint density at radius 2 is 1.74 bits per heavy atom. The molecule has 1 amide bonds. The number of amides is 1. The van der Waals surface area contributed by atoms with E-state index in [2.05, 4.69) is 23.8 Å². The highest BCUT2D eigenvalue weighted by molar-refractivity contribution is 5.67. The van der Waals surface area contributed by atoms with Gasteiger partial charge in [0.25, 0.3) is 0 Å². The van der Waals surface area contributed by atoms with Crippen LogP contribution in [0, 0.1) is 5.92 Å². The number of rotatable bonds is 3. The maximum Gasteiger partial charge on any atom is 0.409 e. The van der Waals surface area contributed by atoms with Crippen molar-refractivity contribution < 1.29 is 9.53 Å². The third-order valence-electron chi connectivity index (χ3n) is 4.27. The Kier molecular flexibility index (Phi) is 5.45. The second kappa shape index (κ2) is 7.10. The Hall–Kier alpha value is -0.810. The quantitative estimate of drug-likeness (QED) is 0.769. The van der Waals surface area contributed by atoms with Gasteiger partial charge in [-0.25, -0.2) is 4.79 Å². The number of carbonyl (C=O) groups is 1. The normalized spacial score (nSPS) is 23.6. The van der Waals surface area contributed by atoms with E-state index in [-0.39, 0.29) is 6.09 Å². The number of likely N-dealkylation sites (tertiary alicyclic amines) is 1. The van der Waals surface area contributed by atoms with Crippen LogP contribution < -0.4 is 0 Å². The number of carbonyl (C=O) groups excluding carboxylic acids is 1. The lowest BCUT2D eigenvalue weighted by Gasteiger charge is -2.33. The predicted molar refractivity (Wildman–Crippen MR) is 75.3 cm³/mol. The molecule has 0 unspecified atom stereocenters. The molecule has 2 fully saturated rings. The van der Waals surface area contributed by atoms with E-state index in [9.17, 15) is 4.79 Å². The minimum Gasteiger partial charge on any atom is -0.448 e. The molecule has 0 atom stereocenters. The van der Waals surface area contributed by atoms with Gasteiger partial charge in [0.15, 0.2) is 0 Å². The molecule has 0 aromatic carbocycles. The van der Waals surface area contributed by atoms with Crippen LogP contribution in [0.4, 0.5) is 4.79 Å². The summed E-state index contributed by atoms with van der Waals surface area (Å²) < 4.78 is 5.38. The molecule has 0 aromatic heterocycles. The molecule has 2 aliphatic rings. The molecule has 0 saturated carbocycles. The van der Waals surface area contributed by atoms with Crippen molar-refractivity contribution in [2.45, 2.75) is 19.8 Å². The first-order valence-corrected chi connectivity index (χ1v) is 7.48. The molecule has 0 aliphatic carbocycles. The lowest BCUT2D eigenvalue weighted by molar-refractivity contribution is 0.0709. The van der Waals surface area contributed by atoms with E-state index in [4.69, 9.17) is 4.74 Å². The van der Waals surface area contributed by atoms with Crippen LogP contribution in [-0.4, -0.2) is 80.3 Å². The van der Waals surface area contributed by atoms with Crippen LogP contribution in [0.5, 0.6) is 0 Å². The summed E-state index contributed by atoms with van der Waals surface area (Å²) in [5.41, 5.74) is 0. The zero-order valence-electron chi connectivity index (χ0n) is 12.3. The van der Waals surface area contributed by atoms with Gasteiger partial charge < -0.3 is 14.5 Å². The third-order valence-corrected chi connectivity index (χ3v) is 4.27. The van der Waals surface area contributed by atoms with Gasteiger partial charge in [-0.1, -0.05) is 6.92 Å². The van der Waals surface area contributed by atoms with Crippen molar-refractivity contribution in [1.29, 1.82) is 0 Å². The number of ether oxygens (including phenoxy) is 1. The summed E-state index contributed by atoms with van der Waals surface area (Å²) in [7, 11) is 2.15. The van der Waals surface area contributed by atoms with Gasteiger partial charge >= 0.3 is 6.09 Å². The first kappa shape index (κ1) is 14.6. The molecule has 5 heteroatoms. The largest absolute Gasteiger partial charge is 0.448 e. The van der Waals surface area contributed by atoms with Gasteiger partial charge in [0.05, 0.1) is 0 Å². The third kappa shape index (κ3) is 4.66. The number of hydrogen-bond donors (Lipinski definition) is 0. The predicted octanol–water partition coefficient (Wildman–Crippen LogP) is 1.10. The average Bonchev–Trinajstić information content (AvgIpc) is 2.41. The van der Waals surface area contributed by atoms with Crippen LogP contribution in [0.2, 0.25) is 0 Å². The summed E-state index contributed by atoms with van der Waals surface area (Å²) in [5.74, 6) is 0.745. The summed E-state index contributed by atoms with van der Waals surface area (Å²) in [6.45, 7) is 9.72. The summed E-state index contributed by atoms with van der Waals surface area (Å²) in [6, 6.07) is 0. The number of nitrogens with zero attached hydrogens (tertiary/aromatic N) is 3. The standard InChI is InChI=1S/C14H27N3O2/c1-13-3-5-17(6-4-13)14(18)19-12-11-16-9-7-15(2)8-10-16/h13H,3-12H2,1-2H3. The fourth-order valence-corrected chi connectivity index (χ4v) is 2.62. The summed E-state index contributed by atoms with van der Waals surface area (Å²) in [6.07, 6.45) is 2.09.